The lowest BCUT2D eigenvalue weighted by atomic mass is 9.96. The zero-order valence-electron chi connectivity index (χ0n) is 15.2. The Labute approximate surface area is 148 Å². The van der Waals surface area contributed by atoms with Crippen molar-refractivity contribution in [3.63, 3.8) is 0 Å². The van der Waals surface area contributed by atoms with Crippen molar-refractivity contribution in [1.29, 1.82) is 0 Å². The van der Waals surface area contributed by atoms with Crippen LogP contribution in [-0.4, -0.2) is 41.1 Å². The Balaban J connectivity index is 1.79. The Morgan fingerprint density at radius 3 is 2.24 bits per heavy atom. The maximum Gasteiger partial charge on any atom is 0.253 e. The van der Waals surface area contributed by atoms with Crippen molar-refractivity contribution in [3.05, 3.63) is 47.5 Å². The lowest BCUT2D eigenvalue weighted by molar-refractivity contribution is -0.129. The molecule has 1 aliphatic rings. The van der Waals surface area contributed by atoms with Crippen LogP contribution in [0.4, 0.5) is 0 Å². The summed E-state index contributed by atoms with van der Waals surface area (Å²) in [4.78, 5) is 24.3. The van der Waals surface area contributed by atoms with Gasteiger partial charge >= 0.3 is 0 Å². The maximum atomic E-state index is 12.4. The van der Waals surface area contributed by atoms with Gasteiger partial charge in [0.2, 0.25) is 5.91 Å². The van der Waals surface area contributed by atoms with E-state index in [0.717, 1.165) is 0 Å². The summed E-state index contributed by atoms with van der Waals surface area (Å²) in [5.74, 6) is -0.635. The van der Waals surface area contributed by atoms with Crippen LogP contribution in [-0.2, 0) is 9.59 Å². The minimum absolute atomic E-state index is 0.152. The van der Waals surface area contributed by atoms with Crippen LogP contribution in [0.15, 0.2) is 42.0 Å². The summed E-state index contributed by atoms with van der Waals surface area (Å²) in [6, 6.07) is 8.72. The molecule has 1 aromatic rings. The Hall–Kier alpha value is -2.18. The number of rotatable bonds is 6. The zero-order chi connectivity index (χ0) is 18.7. The highest BCUT2D eigenvalue weighted by Crippen LogP contribution is 2.29. The Morgan fingerprint density at radius 1 is 1.08 bits per heavy atom. The molecular weight excluding hydrogens is 318 g/mol. The number of aliphatic hydroxyl groups excluding tert-OH is 1. The molecule has 6 nitrogen and oxygen atoms in total. The van der Waals surface area contributed by atoms with Crippen LogP contribution in [0.1, 0.15) is 39.4 Å². The predicted molar refractivity (Wildman–Crippen MR) is 96.8 cm³/mol. The largest absolute Gasteiger partial charge is 0.378 e. The normalized spacial score (nSPS) is 19.0. The maximum absolute atomic E-state index is 12.4. The first-order chi connectivity index (χ1) is 11.6. The molecule has 2 amide bonds. The third kappa shape index (κ3) is 4.90. The van der Waals surface area contributed by atoms with Crippen LogP contribution in [0, 0.1) is 0 Å². The van der Waals surface area contributed by atoms with Gasteiger partial charge in [-0.3, -0.25) is 14.9 Å². The van der Waals surface area contributed by atoms with Gasteiger partial charge in [-0.25, -0.2) is 0 Å². The lowest BCUT2D eigenvalue weighted by Crippen LogP contribution is -2.48. The van der Waals surface area contributed by atoms with E-state index in [2.05, 4.69) is 16.0 Å². The van der Waals surface area contributed by atoms with Crippen LogP contribution in [0.2, 0.25) is 0 Å². The van der Waals surface area contributed by atoms with Gasteiger partial charge in [-0.2, -0.15) is 0 Å². The first-order valence-corrected chi connectivity index (χ1v) is 8.44. The van der Waals surface area contributed by atoms with Crippen LogP contribution in [0.5, 0.6) is 0 Å². The number of benzene rings is 1. The third-order valence-electron chi connectivity index (χ3n) is 4.13. The van der Waals surface area contributed by atoms with Crippen molar-refractivity contribution in [2.75, 3.05) is 13.1 Å². The zero-order valence-corrected chi connectivity index (χ0v) is 15.2. The second-order valence-electron chi connectivity index (χ2n) is 7.39. The van der Waals surface area contributed by atoms with Gasteiger partial charge in [0.05, 0.1) is 0 Å². The quantitative estimate of drug-likeness (QED) is 0.580. The topological polar surface area (TPSA) is 90.5 Å². The van der Waals surface area contributed by atoms with Gasteiger partial charge in [0.25, 0.3) is 5.91 Å². The number of nitrogens with one attached hydrogen (secondary N) is 3. The van der Waals surface area contributed by atoms with Crippen LogP contribution >= 0.6 is 0 Å². The van der Waals surface area contributed by atoms with Crippen molar-refractivity contribution in [2.45, 2.75) is 44.9 Å². The number of aliphatic hydroxyl groups is 1. The SMILES string of the molecule is CC1(C)C=C(C(=O)NCCNC(=O)C(O)c2ccccc2)C(C)(C)N1. The fourth-order valence-corrected chi connectivity index (χ4v) is 3.14. The van der Waals surface area contributed by atoms with E-state index in [1.165, 1.54) is 0 Å². The molecular formula is C19H27N3O3. The van der Waals surface area contributed by atoms with E-state index in [-0.39, 0.29) is 18.0 Å². The monoisotopic (exact) mass is 345 g/mol. The summed E-state index contributed by atoms with van der Waals surface area (Å²) in [5, 5.41) is 18.8. The number of amides is 2. The molecule has 0 aliphatic carbocycles. The summed E-state index contributed by atoms with van der Waals surface area (Å²) in [6.45, 7) is 8.50. The molecule has 0 saturated heterocycles. The first kappa shape index (κ1) is 19.1. The Kier molecular flexibility index (Phi) is 5.65. The summed E-state index contributed by atoms with van der Waals surface area (Å²) in [5.41, 5.74) is 0.591. The molecule has 136 valence electrons. The van der Waals surface area contributed by atoms with E-state index >= 15 is 0 Å². The molecule has 1 heterocycles. The molecule has 0 fully saturated rings. The smallest absolute Gasteiger partial charge is 0.253 e. The number of hydrogen-bond donors (Lipinski definition) is 4. The van der Waals surface area contributed by atoms with E-state index in [1.807, 2.05) is 39.8 Å². The molecule has 0 aromatic heterocycles. The average molecular weight is 345 g/mol. The fraction of sp³-hybridized carbons (Fsp3) is 0.474. The second kappa shape index (κ2) is 7.37. The summed E-state index contributed by atoms with van der Waals surface area (Å²) in [6.07, 6.45) is 0.721. The van der Waals surface area contributed by atoms with Crippen molar-refractivity contribution >= 4 is 11.8 Å². The molecule has 0 spiro atoms. The van der Waals surface area contributed by atoms with Gasteiger partial charge in [-0.1, -0.05) is 36.4 Å². The molecule has 2 rings (SSSR count). The molecule has 6 heteroatoms. The summed E-state index contributed by atoms with van der Waals surface area (Å²) < 4.78 is 0. The van der Waals surface area contributed by atoms with Gasteiger partial charge in [-0.05, 0) is 33.3 Å². The molecule has 0 radical (unpaired) electrons. The number of hydrogen-bond acceptors (Lipinski definition) is 4. The van der Waals surface area contributed by atoms with Gasteiger partial charge < -0.3 is 15.7 Å². The molecule has 1 atom stereocenters. The van der Waals surface area contributed by atoms with Crippen LogP contribution in [0.3, 0.4) is 0 Å². The Morgan fingerprint density at radius 2 is 1.68 bits per heavy atom. The fourth-order valence-electron chi connectivity index (χ4n) is 3.14. The van der Waals surface area contributed by atoms with Crippen molar-refractivity contribution in [1.82, 2.24) is 16.0 Å². The predicted octanol–water partition coefficient (Wildman–Crippen LogP) is 1.04. The molecule has 4 N–H and O–H groups in total. The molecule has 0 saturated carbocycles. The number of carbonyl (C=O) groups excluding carboxylic acids is 2. The molecule has 25 heavy (non-hydrogen) atoms. The highest BCUT2D eigenvalue weighted by Gasteiger charge is 2.39. The molecule has 0 bridgehead atoms. The van der Waals surface area contributed by atoms with E-state index in [1.54, 1.807) is 24.3 Å². The van der Waals surface area contributed by atoms with Gasteiger partial charge in [-0.15, -0.1) is 0 Å². The minimum Gasteiger partial charge on any atom is -0.378 e. The van der Waals surface area contributed by atoms with E-state index in [9.17, 15) is 14.7 Å². The first-order valence-electron chi connectivity index (χ1n) is 8.44. The molecule has 1 aliphatic heterocycles. The standard InChI is InChI=1S/C19H27N3O3/c1-18(2)12-14(19(3,4)22-18)16(24)20-10-11-21-17(25)15(23)13-8-6-5-7-9-13/h5-9,12,15,22-23H,10-11H2,1-4H3,(H,20,24)(H,21,25). The summed E-state index contributed by atoms with van der Waals surface area (Å²) >= 11 is 0. The van der Waals surface area contributed by atoms with Crippen molar-refractivity contribution < 1.29 is 14.7 Å². The van der Waals surface area contributed by atoms with E-state index < -0.39 is 17.6 Å². The minimum atomic E-state index is -1.21. The van der Waals surface area contributed by atoms with Gasteiger partial charge in [0, 0.05) is 29.7 Å². The highest BCUT2D eigenvalue weighted by molar-refractivity contribution is 5.96. The third-order valence-corrected chi connectivity index (χ3v) is 4.13. The average Bonchev–Trinajstić information content (AvgIpc) is 2.78. The van der Waals surface area contributed by atoms with Crippen molar-refractivity contribution in [2.24, 2.45) is 0 Å². The molecule has 1 aromatic carbocycles. The van der Waals surface area contributed by atoms with Gasteiger partial charge in [0.15, 0.2) is 6.10 Å². The second-order valence-corrected chi connectivity index (χ2v) is 7.39. The lowest BCUT2D eigenvalue weighted by Gasteiger charge is -2.27. The Bertz CT molecular complexity index is 666. The van der Waals surface area contributed by atoms with Crippen LogP contribution < -0.4 is 16.0 Å². The molecule has 1 unspecified atom stereocenters. The number of carbonyl (C=O) groups is 2. The van der Waals surface area contributed by atoms with Gasteiger partial charge in [0.1, 0.15) is 0 Å². The van der Waals surface area contributed by atoms with E-state index in [4.69, 9.17) is 0 Å². The highest BCUT2D eigenvalue weighted by atomic mass is 16.3. The van der Waals surface area contributed by atoms with E-state index in [0.29, 0.717) is 17.7 Å². The van der Waals surface area contributed by atoms with Crippen LogP contribution in [0.25, 0.3) is 0 Å². The van der Waals surface area contributed by atoms with Crippen molar-refractivity contribution in [3.8, 4) is 0 Å². The summed E-state index contributed by atoms with van der Waals surface area (Å²) in [7, 11) is 0.